The molecule has 9 heavy (non-hydrogen) atoms. The van der Waals surface area contributed by atoms with Gasteiger partial charge in [0, 0.05) is 13.1 Å². The van der Waals surface area contributed by atoms with Crippen molar-refractivity contribution in [2.45, 2.75) is 19.8 Å². The molecule has 0 spiro atoms. The standard InChI is InChI=1S/C7H13NS/c1-2-3-5-8-6-4-7-9-8/h4,7H,2-3,5-6H2,1H3. The van der Waals surface area contributed by atoms with Gasteiger partial charge in [-0.25, -0.2) is 4.31 Å². The second-order valence-electron chi connectivity index (χ2n) is 2.22. The smallest absolute Gasteiger partial charge is 0.0282 e. The number of hydrogen-bond acceptors (Lipinski definition) is 2. The third-order valence-corrected chi connectivity index (χ3v) is 2.32. The molecule has 0 saturated heterocycles. The van der Waals surface area contributed by atoms with Crippen LogP contribution in [0.15, 0.2) is 11.5 Å². The molecule has 0 aromatic carbocycles. The second-order valence-corrected chi connectivity index (χ2v) is 3.22. The van der Waals surface area contributed by atoms with Crippen LogP contribution in [0.2, 0.25) is 0 Å². The van der Waals surface area contributed by atoms with Gasteiger partial charge in [0.25, 0.3) is 0 Å². The number of rotatable bonds is 3. The first-order valence-corrected chi connectivity index (χ1v) is 4.34. The minimum Gasteiger partial charge on any atom is -0.243 e. The van der Waals surface area contributed by atoms with Crippen molar-refractivity contribution in [3.8, 4) is 0 Å². The van der Waals surface area contributed by atoms with Gasteiger partial charge in [0.05, 0.1) is 0 Å². The Kier molecular flexibility index (Phi) is 3.15. The van der Waals surface area contributed by atoms with E-state index in [0.29, 0.717) is 0 Å². The Morgan fingerprint density at radius 3 is 3.11 bits per heavy atom. The van der Waals surface area contributed by atoms with E-state index in [9.17, 15) is 0 Å². The predicted molar refractivity (Wildman–Crippen MR) is 43.2 cm³/mol. The molecule has 1 rings (SSSR count). The van der Waals surface area contributed by atoms with Crippen LogP contribution in [-0.2, 0) is 0 Å². The lowest BCUT2D eigenvalue weighted by Crippen LogP contribution is -2.12. The van der Waals surface area contributed by atoms with Gasteiger partial charge in [0.2, 0.25) is 0 Å². The van der Waals surface area contributed by atoms with Gasteiger partial charge in [0.1, 0.15) is 0 Å². The molecule has 1 heterocycles. The average molecular weight is 143 g/mol. The fourth-order valence-corrected chi connectivity index (χ4v) is 1.56. The van der Waals surface area contributed by atoms with Crippen LogP contribution in [-0.4, -0.2) is 17.4 Å². The predicted octanol–water partition coefficient (Wildman–Crippen LogP) is 2.26. The zero-order chi connectivity index (χ0) is 6.53. The van der Waals surface area contributed by atoms with Gasteiger partial charge in [-0.2, -0.15) is 0 Å². The third kappa shape index (κ3) is 2.41. The fraction of sp³-hybridized carbons (Fsp3) is 0.714. The van der Waals surface area contributed by atoms with E-state index < -0.39 is 0 Å². The van der Waals surface area contributed by atoms with Gasteiger partial charge in [-0.1, -0.05) is 31.4 Å². The van der Waals surface area contributed by atoms with Crippen LogP contribution in [0.25, 0.3) is 0 Å². The molecule has 2 heteroatoms. The Morgan fingerprint density at radius 2 is 2.56 bits per heavy atom. The maximum Gasteiger partial charge on any atom is 0.0282 e. The molecule has 0 aromatic rings. The molecule has 0 atom stereocenters. The monoisotopic (exact) mass is 143 g/mol. The molecule has 0 aromatic heterocycles. The van der Waals surface area contributed by atoms with Crippen LogP contribution in [0.5, 0.6) is 0 Å². The summed E-state index contributed by atoms with van der Waals surface area (Å²) in [6.45, 7) is 4.62. The topological polar surface area (TPSA) is 3.24 Å². The van der Waals surface area contributed by atoms with Crippen molar-refractivity contribution in [3.05, 3.63) is 11.5 Å². The summed E-state index contributed by atoms with van der Waals surface area (Å²) >= 11 is 1.84. The summed E-state index contributed by atoms with van der Waals surface area (Å²) in [6.07, 6.45) is 4.84. The molecule has 1 nitrogen and oxygen atoms in total. The lowest BCUT2D eigenvalue weighted by molar-refractivity contribution is 0.507. The number of nitrogens with zero attached hydrogens (tertiary/aromatic N) is 1. The van der Waals surface area contributed by atoms with E-state index in [-0.39, 0.29) is 0 Å². The maximum atomic E-state index is 2.38. The highest BCUT2D eigenvalue weighted by atomic mass is 32.2. The Labute approximate surface area is 61.3 Å². The molecular weight excluding hydrogens is 130 g/mol. The van der Waals surface area contributed by atoms with Gasteiger partial charge < -0.3 is 0 Å². The van der Waals surface area contributed by atoms with E-state index >= 15 is 0 Å². The normalized spacial score (nSPS) is 19.2. The average Bonchev–Trinajstić information content (AvgIpc) is 2.34. The summed E-state index contributed by atoms with van der Waals surface area (Å²) < 4.78 is 2.38. The van der Waals surface area contributed by atoms with Crippen LogP contribution in [0.1, 0.15) is 19.8 Å². The largest absolute Gasteiger partial charge is 0.243 e. The highest BCUT2D eigenvalue weighted by molar-refractivity contribution is 8.00. The molecule has 0 bridgehead atoms. The summed E-state index contributed by atoms with van der Waals surface area (Å²) in [6, 6.07) is 0. The van der Waals surface area contributed by atoms with Crippen molar-refractivity contribution in [3.63, 3.8) is 0 Å². The van der Waals surface area contributed by atoms with E-state index in [1.54, 1.807) is 0 Å². The fourth-order valence-electron chi connectivity index (χ4n) is 0.811. The van der Waals surface area contributed by atoms with Gasteiger partial charge in [-0.15, -0.1) is 0 Å². The molecule has 52 valence electrons. The van der Waals surface area contributed by atoms with Crippen molar-refractivity contribution in [2.75, 3.05) is 13.1 Å². The number of hydrogen-bond donors (Lipinski definition) is 0. The molecule has 0 N–H and O–H groups in total. The van der Waals surface area contributed by atoms with Gasteiger partial charge in [0.15, 0.2) is 0 Å². The van der Waals surface area contributed by atoms with Crippen molar-refractivity contribution < 1.29 is 0 Å². The molecule has 1 aliphatic rings. The van der Waals surface area contributed by atoms with E-state index in [2.05, 4.69) is 22.7 Å². The molecular formula is C7H13NS. The Hall–Kier alpha value is 0.0500. The zero-order valence-corrected chi connectivity index (χ0v) is 6.66. The molecule has 0 fully saturated rings. The zero-order valence-electron chi connectivity index (χ0n) is 5.84. The first-order chi connectivity index (χ1) is 4.43. The summed E-state index contributed by atoms with van der Waals surface area (Å²) in [4.78, 5) is 0. The van der Waals surface area contributed by atoms with E-state index in [1.165, 1.54) is 19.4 Å². The van der Waals surface area contributed by atoms with Crippen LogP contribution < -0.4 is 0 Å². The van der Waals surface area contributed by atoms with Crippen molar-refractivity contribution >= 4 is 11.9 Å². The maximum absolute atomic E-state index is 2.38. The summed E-state index contributed by atoms with van der Waals surface area (Å²) in [5, 5.41) is 2.16. The molecule has 0 unspecified atom stereocenters. The SMILES string of the molecule is CCCCN1CC=CS1. The summed E-state index contributed by atoms with van der Waals surface area (Å²) in [5.74, 6) is 0. The van der Waals surface area contributed by atoms with E-state index in [4.69, 9.17) is 0 Å². The molecule has 0 saturated carbocycles. The van der Waals surface area contributed by atoms with Gasteiger partial charge >= 0.3 is 0 Å². The Bertz CT molecular complexity index is 93.1. The van der Waals surface area contributed by atoms with Crippen LogP contribution in [0, 0.1) is 0 Å². The Morgan fingerprint density at radius 1 is 1.67 bits per heavy atom. The highest BCUT2D eigenvalue weighted by Gasteiger charge is 2.04. The molecule has 0 radical (unpaired) electrons. The highest BCUT2D eigenvalue weighted by Crippen LogP contribution is 2.17. The van der Waals surface area contributed by atoms with Gasteiger partial charge in [-0.05, 0) is 11.8 Å². The van der Waals surface area contributed by atoms with Gasteiger partial charge in [-0.3, -0.25) is 0 Å². The van der Waals surface area contributed by atoms with Crippen molar-refractivity contribution in [2.24, 2.45) is 0 Å². The minimum absolute atomic E-state index is 1.14. The second kappa shape index (κ2) is 3.96. The van der Waals surface area contributed by atoms with E-state index in [0.717, 1.165) is 6.54 Å². The van der Waals surface area contributed by atoms with E-state index in [1.807, 2.05) is 11.9 Å². The lowest BCUT2D eigenvalue weighted by Gasteiger charge is -2.10. The van der Waals surface area contributed by atoms with Crippen LogP contribution in [0.4, 0.5) is 0 Å². The van der Waals surface area contributed by atoms with Crippen molar-refractivity contribution in [1.82, 2.24) is 4.31 Å². The summed E-state index contributed by atoms with van der Waals surface area (Å²) in [7, 11) is 0. The number of unbranched alkanes of at least 4 members (excludes halogenated alkanes) is 1. The molecule has 0 aliphatic carbocycles. The first kappa shape index (κ1) is 7.16. The molecule has 0 amide bonds. The Balaban J connectivity index is 2.01. The first-order valence-electron chi connectivity index (χ1n) is 3.50. The van der Waals surface area contributed by atoms with Crippen molar-refractivity contribution in [1.29, 1.82) is 0 Å². The molecule has 1 aliphatic heterocycles. The third-order valence-electron chi connectivity index (χ3n) is 1.38. The minimum atomic E-state index is 1.14. The van der Waals surface area contributed by atoms with Crippen LogP contribution in [0.3, 0.4) is 0 Å². The summed E-state index contributed by atoms with van der Waals surface area (Å²) in [5.41, 5.74) is 0. The quantitative estimate of drug-likeness (QED) is 0.557. The van der Waals surface area contributed by atoms with Crippen LogP contribution >= 0.6 is 11.9 Å². The lowest BCUT2D eigenvalue weighted by atomic mass is 10.3.